The minimum absolute atomic E-state index is 0.0282. The Bertz CT molecular complexity index is 1040. The Labute approximate surface area is 215 Å². The van der Waals surface area contributed by atoms with Crippen molar-refractivity contribution in [2.75, 3.05) is 19.8 Å². The van der Waals surface area contributed by atoms with Gasteiger partial charge in [0.05, 0.1) is 6.61 Å². The number of hydrogen-bond donors (Lipinski definition) is 2. The number of hydrogen-bond acceptors (Lipinski definition) is 6. The van der Waals surface area contributed by atoms with Gasteiger partial charge in [-0.15, -0.1) is 0 Å². The molecule has 2 unspecified atom stereocenters. The van der Waals surface area contributed by atoms with Gasteiger partial charge >= 0.3 is 5.97 Å². The molecule has 1 saturated heterocycles. The zero-order valence-corrected chi connectivity index (χ0v) is 21.7. The zero-order valence-electron chi connectivity index (χ0n) is 21.7. The summed E-state index contributed by atoms with van der Waals surface area (Å²) < 4.78 is 38.2. The van der Waals surface area contributed by atoms with Crippen molar-refractivity contribution in [3.63, 3.8) is 0 Å². The number of esters is 1. The summed E-state index contributed by atoms with van der Waals surface area (Å²) in [5, 5.41) is 5.32. The zero-order chi connectivity index (χ0) is 27.4. The fourth-order valence-electron chi connectivity index (χ4n) is 4.16. The molecule has 1 aliphatic carbocycles. The van der Waals surface area contributed by atoms with Crippen LogP contribution in [0.3, 0.4) is 0 Å². The molecule has 2 atom stereocenters. The second-order valence-electron chi connectivity index (χ2n) is 10.5. The van der Waals surface area contributed by atoms with Crippen LogP contribution in [0.5, 0.6) is 5.75 Å². The largest absolute Gasteiger partial charge is 0.481 e. The van der Waals surface area contributed by atoms with Gasteiger partial charge in [0.1, 0.15) is 23.7 Å². The molecule has 1 heterocycles. The first-order valence-corrected chi connectivity index (χ1v) is 12.5. The van der Waals surface area contributed by atoms with Gasteiger partial charge in [-0.1, -0.05) is 26.8 Å². The molecule has 0 spiro atoms. The predicted molar refractivity (Wildman–Crippen MR) is 130 cm³/mol. The van der Waals surface area contributed by atoms with Crippen LogP contribution in [0.4, 0.5) is 8.78 Å². The van der Waals surface area contributed by atoms with Crippen LogP contribution >= 0.6 is 0 Å². The average Bonchev–Trinajstić information content (AvgIpc) is 3.39. The highest BCUT2D eigenvalue weighted by molar-refractivity contribution is 5.95. The lowest BCUT2D eigenvalue weighted by Gasteiger charge is -2.35. The summed E-state index contributed by atoms with van der Waals surface area (Å²) in [6.07, 6.45) is 1.28. The highest BCUT2D eigenvalue weighted by Gasteiger charge is 2.53. The van der Waals surface area contributed by atoms with E-state index in [0.29, 0.717) is 24.9 Å². The standard InChI is InChI=1S/C26H35F2N3O6/c1-5-36-20(32)15-37-19-13-17(27)9-8-16(19)14-29-22(33)18-7-6-12-31(18)23(34)21(25(2,3)4)30-24(35)26(28)10-11-26/h8-9,13,18,21H,5-7,10-12,14-15H2,1-4H3,(H,29,33)(H,30,35). The summed E-state index contributed by atoms with van der Waals surface area (Å²) in [5.41, 5.74) is -2.19. The molecule has 0 radical (unpaired) electrons. The van der Waals surface area contributed by atoms with Crippen molar-refractivity contribution in [1.82, 2.24) is 15.5 Å². The molecule has 1 aliphatic heterocycles. The second-order valence-corrected chi connectivity index (χ2v) is 10.5. The van der Waals surface area contributed by atoms with E-state index in [1.54, 1.807) is 27.7 Å². The number of ether oxygens (including phenoxy) is 2. The number of carbonyl (C=O) groups is 4. The van der Waals surface area contributed by atoms with Crippen LogP contribution in [-0.4, -0.2) is 66.1 Å². The SMILES string of the molecule is CCOC(=O)COc1cc(F)ccc1CNC(=O)C1CCCN1C(=O)C(NC(=O)C1(F)CC1)C(C)(C)C. The van der Waals surface area contributed by atoms with Crippen molar-refractivity contribution in [3.05, 3.63) is 29.6 Å². The highest BCUT2D eigenvalue weighted by Crippen LogP contribution is 2.40. The Kier molecular flexibility index (Phi) is 8.76. The lowest BCUT2D eigenvalue weighted by atomic mass is 9.85. The number of nitrogens with zero attached hydrogens (tertiary/aromatic N) is 1. The van der Waals surface area contributed by atoms with Crippen LogP contribution in [0, 0.1) is 11.2 Å². The van der Waals surface area contributed by atoms with E-state index in [2.05, 4.69) is 10.6 Å². The Morgan fingerprint density at radius 1 is 1.22 bits per heavy atom. The van der Waals surface area contributed by atoms with Crippen LogP contribution < -0.4 is 15.4 Å². The smallest absolute Gasteiger partial charge is 0.344 e. The molecular weight excluding hydrogens is 488 g/mol. The number of rotatable bonds is 10. The van der Waals surface area contributed by atoms with Crippen LogP contribution in [0.15, 0.2) is 18.2 Å². The van der Waals surface area contributed by atoms with Crippen LogP contribution in [0.1, 0.15) is 58.9 Å². The number of benzene rings is 1. The third-order valence-corrected chi connectivity index (χ3v) is 6.46. The van der Waals surface area contributed by atoms with E-state index >= 15 is 0 Å². The normalized spacial score (nSPS) is 19.1. The van der Waals surface area contributed by atoms with Gasteiger partial charge < -0.3 is 25.0 Å². The van der Waals surface area contributed by atoms with Crippen LogP contribution in [0.2, 0.25) is 0 Å². The van der Waals surface area contributed by atoms with Crippen molar-refractivity contribution >= 4 is 23.7 Å². The number of carbonyl (C=O) groups excluding carboxylic acids is 4. The van der Waals surface area contributed by atoms with E-state index in [1.165, 1.54) is 17.0 Å². The van der Waals surface area contributed by atoms with Crippen LogP contribution in [-0.2, 0) is 30.5 Å². The lowest BCUT2D eigenvalue weighted by Crippen LogP contribution is -2.58. The number of halogens is 2. The van der Waals surface area contributed by atoms with Gasteiger partial charge in [-0.25, -0.2) is 13.6 Å². The molecule has 204 valence electrons. The fourth-order valence-corrected chi connectivity index (χ4v) is 4.16. The molecule has 3 amide bonds. The third kappa shape index (κ3) is 7.17. The Hall–Kier alpha value is -3.24. The summed E-state index contributed by atoms with van der Waals surface area (Å²) in [5.74, 6) is -2.76. The van der Waals surface area contributed by atoms with Gasteiger partial charge in [0.2, 0.25) is 11.8 Å². The minimum atomic E-state index is -1.92. The van der Waals surface area contributed by atoms with Crippen molar-refractivity contribution in [2.45, 2.75) is 77.7 Å². The van der Waals surface area contributed by atoms with Gasteiger partial charge in [-0.05, 0) is 44.1 Å². The summed E-state index contributed by atoms with van der Waals surface area (Å²) in [6.45, 7) is 7.02. The Balaban J connectivity index is 1.66. The van der Waals surface area contributed by atoms with Gasteiger partial charge in [0, 0.05) is 24.7 Å². The summed E-state index contributed by atoms with van der Waals surface area (Å²) >= 11 is 0. The second kappa shape index (κ2) is 11.4. The number of alkyl halides is 1. The molecule has 9 nitrogen and oxygen atoms in total. The van der Waals surface area contributed by atoms with Gasteiger partial charge in [0.25, 0.3) is 5.91 Å². The molecule has 2 fully saturated rings. The third-order valence-electron chi connectivity index (χ3n) is 6.46. The molecule has 1 aromatic carbocycles. The molecule has 2 N–H and O–H groups in total. The molecule has 37 heavy (non-hydrogen) atoms. The van der Waals surface area contributed by atoms with E-state index in [1.807, 2.05) is 0 Å². The van der Waals surface area contributed by atoms with Crippen LogP contribution in [0.25, 0.3) is 0 Å². The summed E-state index contributed by atoms with van der Waals surface area (Å²) in [7, 11) is 0. The molecule has 3 rings (SSSR count). The molecule has 1 aromatic rings. The van der Waals surface area contributed by atoms with E-state index < -0.39 is 59.3 Å². The van der Waals surface area contributed by atoms with Crippen molar-refractivity contribution in [3.8, 4) is 5.75 Å². The highest BCUT2D eigenvalue weighted by atomic mass is 19.1. The monoisotopic (exact) mass is 523 g/mol. The first kappa shape index (κ1) is 28.3. The Morgan fingerprint density at radius 2 is 1.92 bits per heavy atom. The molecule has 0 aromatic heterocycles. The lowest BCUT2D eigenvalue weighted by molar-refractivity contribution is -0.145. The quantitative estimate of drug-likeness (QED) is 0.456. The maximum Gasteiger partial charge on any atom is 0.344 e. The van der Waals surface area contributed by atoms with Crippen molar-refractivity contribution in [2.24, 2.45) is 5.41 Å². The summed E-state index contributed by atoms with van der Waals surface area (Å²) in [4.78, 5) is 51.9. The predicted octanol–water partition coefficient (Wildman–Crippen LogP) is 2.41. The molecule has 11 heteroatoms. The van der Waals surface area contributed by atoms with Crippen molar-refractivity contribution < 1.29 is 37.4 Å². The molecule has 1 saturated carbocycles. The molecular formula is C26H35F2N3O6. The van der Waals surface area contributed by atoms with E-state index in [4.69, 9.17) is 9.47 Å². The first-order chi connectivity index (χ1) is 17.4. The number of nitrogens with one attached hydrogen (secondary N) is 2. The van der Waals surface area contributed by atoms with E-state index in [0.717, 1.165) is 6.07 Å². The first-order valence-electron chi connectivity index (χ1n) is 12.5. The fraction of sp³-hybridized carbons (Fsp3) is 0.615. The van der Waals surface area contributed by atoms with E-state index in [-0.39, 0.29) is 31.7 Å². The maximum absolute atomic E-state index is 14.3. The summed E-state index contributed by atoms with van der Waals surface area (Å²) in [6, 6.07) is 1.97. The number of amides is 3. The Morgan fingerprint density at radius 3 is 2.54 bits per heavy atom. The molecule has 0 bridgehead atoms. The van der Waals surface area contributed by atoms with Gasteiger partial charge in [-0.2, -0.15) is 0 Å². The molecule has 2 aliphatic rings. The topological polar surface area (TPSA) is 114 Å². The van der Waals surface area contributed by atoms with Gasteiger partial charge in [0.15, 0.2) is 12.3 Å². The van der Waals surface area contributed by atoms with Crippen molar-refractivity contribution in [1.29, 1.82) is 0 Å². The maximum atomic E-state index is 14.3. The number of likely N-dealkylation sites (tertiary alicyclic amines) is 1. The average molecular weight is 524 g/mol. The minimum Gasteiger partial charge on any atom is -0.481 e. The van der Waals surface area contributed by atoms with E-state index in [9.17, 15) is 28.0 Å². The van der Waals surface area contributed by atoms with Gasteiger partial charge in [-0.3, -0.25) is 14.4 Å².